The van der Waals surface area contributed by atoms with Crippen LogP contribution in [0.2, 0.25) is 0 Å². The topological polar surface area (TPSA) is 85.5 Å². The molecule has 2 rings (SSSR count). The highest BCUT2D eigenvalue weighted by Crippen LogP contribution is 2.32. The van der Waals surface area contributed by atoms with E-state index in [1.165, 1.54) is 17.6 Å². The van der Waals surface area contributed by atoms with Crippen LogP contribution < -0.4 is 10.6 Å². The summed E-state index contributed by atoms with van der Waals surface area (Å²) in [6, 6.07) is 0. The van der Waals surface area contributed by atoms with Gasteiger partial charge in [0, 0.05) is 42.8 Å². The van der Waals surface area contributed by atoms with Crippen molar-refractivity contribution in [3.8, 4) is 0 Å². The number of nitrogens with zero attached hydrogens (tertiary/aromatic N) is 2. The number of sulfone groups is 1. The molecule has 1 aliphatic heterocycles. The summed E-state index contributed by atoms with van der Waals surface area (Å²) in [5, 5.41) is 0.224. The first-order valence-electron chi connectivity index (χ1n) is 6.18. The Balaban J connectivity index is 2.33. The Hall–Kier alpha value is -0.350. The highest BCUT2D eigenvalue weighted by atomic mass is 32.2. The Kier molecular flexibility index (Phi) is 5.30. The zero-order chi connectivity index (χ0) is 14.8. The van der Waals surface area contributed by atoms with Crippen LogP contribution in [0.3, 0.4) is 0 Å². The molecule has 0 amide bonds. The average Bonchev–Trinajstić information content (AvgIpc) is 2.81. The van der Waals surface area contributed by atoms with E-state index in [4.69, 9.17) is 10.5 Å². The Morgan fingerprint density at radius 3 is 2.90 bits per heavy atom. The van der Waals surface area contributed by atoms with Crippen molar-refractivity contribution in [1.82, 2.24) is 4.98 Å². The molecule has 0 aromatic carbocycles. The Labute approximate surface area is 127 Å². The minimum absolute atomic E-state index is 0.391. The van der Waals surface area contributed by atoms with Crippen molar-refractivity contribution in [1.29, 1.82) is 0 Å². The van der Waals surface area contributed by atoms with E-state index in [-0.39, 0.29) is 0 Å². The lowest BCUT2D eigenvalue weighted by molar-refractivity contribution is 0.181. The van der Waals surface area contributed by atoms with Gasteiger partial charge in [-0.1, -0.05) is 0 Å². The second-order valence-electron chi connectivity index (χ2n) is 4.56. The quantitative estimate of drug-likeness (QED) is 0.845. The summed E-state index contributed by atoms with van der Waals surface area (Å²) in [5.41, 5.74) is 6.52. The Morgan fingerprint density at radius 2 is 2.30 bits per heavy atom. The zero-order valence-corrected chi connectivity index (χ0v) is 14.0. The van der Waals surface area contributed by atoms with Crippen molar-refractivity contribution in [2.24, 2.45) is 5.73 Å². The van der Waals surface area contributed by atoms with Crippen LogP contribution in [0.1, 0.15) is 10.6 Å². The van der Waals surface area contributed by atoms with Gasteiger partial charge in [0.2, 0.25) is 0 Å². The lowest BCUT2D eigenvalue weighted by Crippen LogP contribution is -2.47. The SMILES string of the molecule is COCc1nc(N2CCSCC2S(C)(=O)=O)sc1CN. The van der Waals surface area contributed by atoms with E-state index in [1.54, 1.807) is 18.9 Å². The third-order valence-electron chi connectivity index (χ3n) is 3.06. The molecule has 1 saturated heterocycles. The van der Waals surface area contributed by atoms with Gasteiger partial charge >= 0.3 is 0 Å². The van der Waals surface area contributed by atoms with Gasteiger partial charge in [0.05, 0.1) is 12.3 Å². The number of aromatic nitrogens is 1. The van der Waals surface area contributed by atoms with E-state index in [9.17, 15) is 8.42 Å². The number of hydrogen-bond acceptors (Lipinski definition) is 8. The Bertz CT molecular complexity index is 559. The van der Waals surface area contributed by atoms with Crippen LogP contribution in [0, 0.1) is 0 Å². The average molecular weight is 337 g/mol. The van der Waals surface area contributed by atoms with E-state index >= 15 is 0 Å². The molecule has 2 heterocycles. The molecule has 114 valence electrons. The third kappa shape index (κ3) is 3.45. The monoisotopic (exact) mass is 337 g/mol. The lowest BCUT2D eigenvalue weighted by atomic mass is 10.4. The van der Waals surface area contributed by atoms with Gasteiger partial charge in [0.1, 0.15) is 5.37 Å². The normalized spacial score (nSPS) is 20.4. The van der Waals surface area contributed by atoms with Gasteiger partial charge < -0.3 is 15.4 Å². The van der Waals surface area contributed by atoms with Crippen molar-refractivity contribution in [3.05, 3.63) is 10.6 Å². The first kappa shape index (κ1) is 16.0. The highest BCUT2D eigenvalue weighted by molar-refractivity contribution is 8.01. The maximum atomic E-state index is 11.9. The van der Waals surface area contributed by atoms with Gasteiger partial charge in [-0.15, -0.1) is 11.3 Å². The summed E-state index contributed by atoms with van der Waals surface area (Å²) in [5.74, 6) is 1.49. The second kappa shape index (κ2) is 6.61. The minimum Gasteiger partial charge on any atom is -0.378 e. The summed E-state index contributed by atoms with van der Waals surface area (Å²) < 4.78 is 29.0. The van der Waals surface area contributed by atoms with Crippen molar-refractivity contribution in [2.75, 3.05) is 36.3 Å². The summed E-state index contributed by atoms with van der Waals surface area (Å²) in [4.78, 5) is 7.36. The van der Waals surface area contributed by atoms with Gasteiger partial charge in [0.25, 0.3) is 0 Å². The molecule has 1 aromatic heterocycles. The molecule has 1 atom stereocenters. The molecule has 0 bridgehead atoms. The first-order chi connectivity index (χ1) is 9.47. The molecular formula is C11H19N3O3S3. The predicted molar refractivity (Wildman–Crippen MR) is 84.0 cm³/mol. The molecule has 2 N–H and O–H groups in total. The lowest BCUT2D eigenvalue weighted by Gasteiger charge is -2.33. The van der Waals surface area contributed by atoms with Crippen molar-refractivity contribution < 1.29 is 13.2 Å². The number of thioether (sulfide) groups is 1. The number of nitrogens with two attached hydrogens (primary N) is 1. The predicted octanol–water partition coefficient (Wildman–Crippen LogP) is 0.672. The maximum absolute atomic E-state index is 11.9. The number of anilines is 1. The molecule has 0 aliphatic carbocycles. The van der Waals surface area contributed by atoms with Crippen LogP contribution in [0.25, 0.3) is 0 Å². The van der Waals surface area contributed by atoms with Crippen molar-refractivity contribution >= 4 is 38.1 Å². The van der Waals surface area contributed by atoms with Gasteiger partial charge in [-0.25, -0.2) is 13.4 Å². The molecule has 20 heavy (non-hydrogen) atoms. The van der Waals surface area contributed by atoms with E-state index in [0.29, 0.717) is 25.4 Å². The van der Waals surface area contributed by atoms with E-state index in [0.717, 1.165) is 21.5 Å². The van der Waals surface area contributed by atoms with E-state index in [2.05, 4.69) is 4.98 Å². The fraction of sp³-hybridized carbons (Fsp3) is 0.727. The van der Waals surface area contributed by atoms with Crippen LogP contribution in [-0.2, 0) is 27.7 Å². The summed E-state index contributed by atoms with van der Waals surface area (Å²) in [7, 11) is -1.53. The van der Waals surface area contributed by atoms with Crippen LogP contribution in [0.5, 0.6) is 0 Å². The molecule has 6 nitrogen and oxygen atoms in total. The van der Waals surface area contributed by atoms with Crippen molar-refractivity contribution in [3.63, 3.8) is 0 Å². The van der Waals surface area contributed by atoms with Gasteiger partial charge in [-0.2, -0.15) is 11.8 Å². The first-order valence-corrected chi connectivity index (χ1v) is 10.1. The summed E-state index contributed by atoms with van der Waals surface area (Å²) in [6.45, 7) is 1.48. The highest BCUT2D eigenvalue weighted by Gasteiger charge is 2.33. The van der Waals surface area contributed by atoms with Gasteiger partial charge in [-0.3, -0.25) is 0 Å². The second-order valence-corrected chi connectivity index (χ2v) is 8.97. The largest absolute Gasteiger partial charge is 0.378 e. The van der Waals surface area contributed by atoms with Gasteiger partial charge in [-0.05, 0) is 0 Å². The van der Waals surface area contributed by atoms with E-state index < -0.39 is 15.2 Å². The summed E-state index contributed by atoms with van der Waals surface area (Å²) in [6.07, 6.45) is 1.28. The smallest absolute Gasteiger partial charge is 0.187 e. The zero-order valence-electron chi connectivity index (χ0n) is 11.5. The molecule has 0 radical (unpaired) electrons. The number of methoxy groups -OCH3 is 1. The fourth-order valence-corrected chi connectivity index (χ4v) is 5.96. The minimum atomic E-state index is -3.14. The Morgan fingerprint density at radius 1 is 1.55 bits per heavy atom. The fourth-order valence-electron chi connectivity index (χ4n) is 2.06. The van der Waals surface area contributed by atoms with Crippen LogP contribution in [0.4, 0.5) is 5.13 Å². The maximum Gasteiger partial charge on any atom is 0.187 e. The molecule has 1 fully saturated rings. The number of thiazole rings is 1. The van der Waals surface area contributed by atoms with E-state index in [1.807, 2.05) is 4.90 Å². The molecule has 9 heteroatoms. The standard InChI is InChI=1S/C11H19N3O3S3/c1-17-6-8-9(5-12)19-11(13-8)14-3-4-18-7-10(14)20(2,15)16/h10H,3-7,12H2,1-2H3. The molecular weight excluding hydrogens is 318 g/mol. The van der Waals surface area contributed by atoms with Crippen LogP contribution in [-0.4, -0.2) is 50.2 Å². The van der Waals surface area contributed by atoms with Crippen LogP contribution >= 0.6 is 23.1 Å². The number of ether oxygens (including phenoxy) is 1. The number of hydrogen-bond donors (Lipinski definition) is 1. The number of rotatable bonds is 5. The van der Waals surface area contributed by atoms with Gasteiger partial charge in [0.15, 0.2) is 15.0 Å². The van der Waals surface area contributed by atoms with Crippen molar-refractivity contribution in [2.45, 2.75) is 18.5 Å². The molecule has 0 spiro atoms. The third-order valence-corrected chi connectivity index (χ3v) is 6.86. The van der Waals surface area contributed by atoms with Crippen LogP contribution in [0.15, 0.2) is 0 Å². The summed E-state index contributed by atoms with van der Waals surface area (Å²) >= 11 is 3.12. The molecule has 1 aromatic rings. The molecule has 1 unspecified atom stereocenters. The molecule has 1 aliphatic rings. The molecule has 0 saturated carbocycles.